The predicted octanol–water partition coefficient (Wildman–Crippen LogP) is 4.39. The minimum atomic E-state index is -0.466. The molecule has 0 fully saturated rings. The maximum atomic E-state index is 11.6. The molecule has 0 saturated carbocycles. The highest BCUT2D eigenvalue weighted by Crippen LogP contribution is 2.32. The zero-order chi connectivity index (χ0) is 15.4. The fourth-order valence-corrected chi connectivity index (χ4v) is 3.15. The first-order chi connectivity index (χ1) is 10.0. The first-order valence-electron chi connectivity index (χ1n) is 6.59. The molecular weight excluding hydrogens is 308 g/mol. The molecular formula is C15H17ClN2O2S. The summed E-state index contributed by atoms with van der Waals surface area (Å²) in [7, 11) is 1.33. The molecule has 0 spiro atoms. The van der Waals surface area contributed by atoms with Crippen molar-refractivity contribution in [2.24, 2.45) is 5.92 Å². The number of anilines is 1. The standard InChI is InChI=1S/C15H17ClN2O2S/c1-9(2)11(10-7-5-4-6-8-10)17-15-18-13(16)12(21-15)14(19)20-3/h4-9,11H,1-3H3,(H,17,18). The van der Waals surface area contributed by atoms with E-state index in [4.69, 9.17) is 11.6 Å². The van der Waals surface area contributed by atoms with Gasteiger partial charge >= 0.3 is 5.97 Å². The van der Waals surface area contributed by atoms with Gasteiger partial charge in [0, 0.05) is 0 Å². The molecule has 1 heterocycles. The van der Waals surface area contributed by atoms with Gasteiger partial charge in [0.15, 0.2) is 15.2 Å². The van der Waals surface area contributed by atoms with E-state index in [1.54, 1.807) is 0 Å². The minimum absolute atomic E-state index is 0.0962. The number of benzene rings is 1. The van der Waals surface area contributed by atoms with Gasteiger partial charge in [-0.3, -0.25) is 0 Å². The molecule has 6 heteroatoms. The van der Waals surface area contributed by atoms with Crippen LogP contribution >= 0.6 is 22.9 Å². The van der Waals surface area contributed by atoms with Crippen LogP contribution in [0.15, 0.2) is 30.3 Å². The summed E-state index contributed by atoms with van der Waals surface area (Å²) in [4.78, 5) is 16.1. The topological polar surface area (TPSA) is 51.2 Å². The van der Waals surface area contributed by atoms with Crippen LogP contribution in [0.25, 0.3) is 0 Å². The van der Waals surface area contributed by atoms with E-state index in [1.807, 2.05) is 18.2 Å². The molecule has 2 aromatic rings. The highest BCUT2D eigenvalue weighted by atomic mass is 35.5. The van der Waals surface area contributed by atoms with Gasteiger partial charge in [-0.25, -0.2) is 9.78 Å². The normalized spacial score (nSPS) is 12.2. The third-order valence-corrected chi connectivity index (χ3v) is 4.41. The first-order valence-corrected chi connectivity index (χ1v) is 7.78. The number of carbonyl (C=O) groups is 1. The molecule has 1 aromatic heterocycles. The Morgan fingerprint density at radius 1 is 1.33 bits per heavy atom. The summed E-state index contributed by atoms with van der Waals surface area (Å²) in [6.07, 6.45) is 0. The molecule has 112 valence electrons. The number of methoxy groups -OCH3 is 1. The zero-order valence-electron chi connectivity index (χ0n) is 12.1. The van der Waals surface area contributed by atoms with Crippen molar-refractivity contribution < 1.29 is 9.53 Å². The van der Waals surface area contributed by atoms with Crippen LogP contribution in [-0.2, 0) is 4.74 Å². The Morgan fingerprint density at radius 2 is 2.00 bits per heavy atom. The molecule has 0 aliphatic rings. The second-order valence-corrected chi connectivity index (χ2v) is 6.26. The van der Waals surface area contributed by atoms with Crippen LogP contribution in [0.1, 0.15) is 35.1 Å². The Balaban J connectivity index is 2.24. The lowest BCUT2D eigenvalue weighted by molar-refractivity contribution is 0.0606. The van der Waals surface area contributed by atoms with Gasteiger partial charge in [-0.15, -0.1) is 0 Å². The number of ether oxygens (including phenoxy) is 1. The summed E-state index contributed by atoms with van der Waals surface area (Å²) in [6.45, 7) is 4.25. The van der Waals surface area contributed by atoms with Crippen LogP contribution in [0.3, 0.4) is 0 Å². The molecule has 1 unspecified atom stereocenters. The van der Waals surface area contributed by atoms with Crippen molar-refractivity contribution in [1.82, 2.24) is 4.98 Å². The minimum Gasteiger partial charge on any atom is -0.465 e. The van der Waals surface area contributed by atoms with Crippen LogP contribution in [0.5, 0.6) is 0 Å². The maximum Gasteiger partial charge on any atom is 0.351 e. The van der Waals surface area contributed by atoms with E-state index < -0.39 is 5.97 Å². The Kier molecular flexibility index (Phi) is 5.20. The van der Waals surface area contributed by atoms with E-state index in [2.05, 4.69) is 41.0 Å². The number of nitrogens with one attached hydrogen (secondary N) is 1. The van der Waals surface area contributed by atoms with Gasteiger partial charge in [-0.1, -0.05) is 67.1 Å². The number of carbonyl (C=O) groups excluding carboxylic acids is 1. The van der Waals surface area contributed by atoms with Gasteiger partial charge in [0.2, 0.25) is 0 Å². The molecule has 0 amide bonds. The number of hydrogen-bond donors (Lipinski definition) is 1. The average molecular weight is 325 g/mol. The van der Waals surface area contributed by atoms with Gasteiger partial charge in [0.05, 0.1) is 13.2 Å². The number of thiazole rings is 1. The summed E-state index contributed by atoms with van der Waals surface area (Å²) in [5.74, 6) is -0.108. The second-order valence-electron chi connectivity index (χ2n) is 4.91. The Bertz CT molecular complexity index is 613. The summed E-state index contributed by atoms with van der Waals surface area (Å²) >= 11 is 7.19. The van der Waals surface area contributed by atoms with E-state index in [9.17, 15) is 4.79 Å². The van der Waals surface area contributed by atoms with Crippen LogP contribution in [-0.4, -0.2) is 18.1 Å². The second kappa shape index (κ2) is 6.91. The van der Waals surface area contributed by atoms with E-state index in [1.165, 1.54) is 24.0 Å². The summed E-state index contributed by atoms with van der Waals surface area (Å²) in [6, 6.07) is 10.2. The molecule has 0 aliphatic heterocycles. The summed E-state index contributed by atoms with van der Waals surface area (Å²) in [5.41, 5.74) is 1.17. The molecule has 1 aromatic carbocycles. The van der Waals surface area contributed by atoms with Crippen molar-refractivity contribution in [3.63, 3.8) is 0 Å². The van der Waals surface area contributed by atoms with E-state index in [0.717, 1.165) is 0 Å². The number of rotatable bonds is 5. The van der Waals surface area contributed by atoms with Crippen molar-refractivity contribution in [2.75, 3.05) is 12.4 Å². The van der Waals surface area contributed by atoms with Gasteiger partial charge in [-0.05, 0) is 11.5 Å². The highest BCUT2D eigenvalue weighted by Gasteiger charge is 2.21. The van der Waals surface area contributed by atoms with Gasteiger partial charge in [0.25, 0.3) is 0 Å². The van der Waals surface area contributed by atoms with Gasteiger partial charge in [-0.2, -0.15) is 0 Å². The van der Waals surface area contributed by atoms with Crippen molar-refractivity contribution in [3.8, 4) is 0 Å². The third-order valence-electron chi connectivity index (χ3n) is 3.06. The SMILES string of the molecule is COC(=O)c1sc(NC(c2ccccc2)C(C)C)nc1Cl. The van der Waals surface area contributed by atoms with Gasteiger partial charge < -0.3 is 10.1 Å². The molecule has 0 radical (unpaired) electrons. The molecule has 21 heavy (non-hydrogen) atoms. The molecule has 4 nitrogen and oxygen atoms in total. The largest absolute Gasteiger partial charge is 0.465 e. The quantitative estimate of drug-likeness (QED) is 0.829. The molecule has 0 aliphatic carbocycles. The lowest BCUT2D eigenvalue weighted by atomic mass is 9.96. The smallest absolute Gasteiger partial charge is 0.351 e. The van der Waals surface area contributed by atoms with Crippen LogP contribution in [0.2, 0.25) is 5.15 Å². The predicted molar refractivity (Wildman–Crippen MR) is 86.1 cm³/mol. The third kappa shape index (κ3) is 3.74. The Hall–Kier alpha value is -1.59. The van der Waals surface area contributed by atoms with Crippen molar-refractivity contribution in [1.29, 1.82) is 0 Å². The van der Waals surface area contributed by atoms with Gasteiger partial charge in [0.1, 0.15) is 0 Å². The average Bonchev–Trinajstić information content (AvgIpc) is 2.85. The number of nitrogens with zero attached hydrogens (tertiary/aromatic N) is 1. The van der Waals surface area contributed by atoms with Crippen molar-refractivity contribution in [3.05, 3.63) is 45.9 Å². The molecule has 1 N–H and O–H groups in total. The fraction of sp³-hybridized carbons (Fsp3) is 0.333. The maximum absolute atomic E-state index is 11.6. The lowest BCUT2D eigenvalue weighted by Crippen LogP contribution is -2.16. The lowest BCUT2D eigenvalue weighted by Gasteiger charge is -2.22. The molecule has 1 atom stereocenters. The number of aromatic nitrogens is 1. The fourth-order valence-electron chi connectivity index (χ4n) is 2.01. The van der Waals surface area contributed by atoms with E-state index in [-0.39, 0.29) is 11.2 Å². The summed E-state index contributed by atoms with van der Waals surface area (Å²) in [5, 5.41) is 4.14. The first kappa shape index (κ1) is 15.8. The van der Waals surface area contributed by atoms with Crippen LogP contribution in [0.4, 0.5) is 5.13 Å². The number of hydrogen-bond acceptors (Lipinski definition) is 5. The zero-order valence-corrected chi connectivity index (χ0v) is 13.7. The molecule has 2 rings (SSSR count). The molecule has 0 bridgehead atoms. The molecule has 0 saturated heterocycles. The number of esters is 1. The monoisotopic (exact) mass is 324 g/mol. The van der Waals surface area contributed by atoms with Crippen LogP contribution < -0.4 is 5.32 Å². The van der Waals surface area contributed by atoms with Crippen molar-refractivity contribution >= 4 is 34.0 Å². The van der Waals surface area contributed by atoms with Crippen molar-refractivity contribution in [2.45, 2.75) is 19.9 Å². The van der Waals surface area contributed by atoms with Crippen LogP contribution in [0, 0.1) is 5.92 Å². The Morgan fingerprint density at radius 3 is 2.57 bits per heavy atom. The highest BCUT2D eigenvalue weighted by molar-refractivity contribution is 7.18. The summed E-state index contributed by atoms with van der Waals surface area (Å²) < 4.78 is 4.69. The van der Waals surface area contributed by atoms with E-state index >= 15 is 0 Å². The number of halogens is 1. The van der Waals surface area contributed by atoms with E-state index in [0.29, 0.717) is 15.9 Å². The Labute approximate surface area is 133 Å².